The Labute approximate surface area is 180 Å². The largest absolute Gasteiger partial charge is 0.327 e. The SMILES string of the molecule is C=C(CCC)c1ccc2ccccc2c1.C=C1CC(N)CC(C)=C1C.CC.CC. The van der Waals surface area contributed by atoms with Gasteiger partial charge in [-0.1, -0.05) is 102 Å². The molecule has 2 N–H and O–H groups in total. The van der Waals surface area contributed by atoms with Crippen LogP contribution in [0.1, 0.15) is 79.7 Å². The van der Waals surface area contributed by atoms with Crippen LogP contribution in [0.3, 0.4) is 0 Å². The third kappa shape index (κ3) is 8.83. The molecule has 1 aliphatic carbocycles. The summed E-state index contributed by atoms with van der Waals surface area (Å²) in [7, 11) is 0. The van der Waals surface area contributed by atoms with E-state index in [1.807, 2.05) is 27.7 Å². The lowest BCUT2D eigenvalue weighted by Gasteiger charge is -2.22. The van der Waals surface area contributed by atoms with E-state index in [4.69, 9.17) is 5.73 Å². The second kappa shape index (κ2) is 14.8. The van der Waals surface area contributed by atoms with Gasteiger partial charge < -0.3 is 5.73 Å². The van der Waals surface area contributed by atoms with E-state index in [9.17, 15) is 0 Å². The molecule has 29 heavy (non-hydrogen) atoms. The quantitative estimate of drug-likeness (QED) is 0.554. The number of benzene rings is 2. The summed E-state index contributed by atoms with van der Waals surface area (Å²) in [6.45, 7) is 22.5. The van der Waals surface area contributed by atoms with Crippen LogP contribution in [0.15, 0.2) is 72.3 Å². The zero-order valence-electron chi connectivity index (χ0n) is 19.9. The lowest BCUT2D eigenvalue weighted by Crippen LogP contribution is -2.24. The highest BCUT2D eigenvalue weighted by atomic mass is 14.6. The molecule has 0 spiro atoms. The summed E-state index contributed by atoms with van der Waals surface area (Å²) in [6.07, 6.45) is 4.26. The van der Waals surface area contributed by atoms with Crippen molar-refractivity contribution in [3.8, 4) is 0 Å². The van der Waals surface area contributed by atoms with E-state index in [1.165, 1.54) is 38.6 Å². The van der Waals surface area contributed by atoms with Crippen LogP contribution in [-0.2, 0) is 0 Å². The van der Waals surface area contributed by atoms with Gasteiger partial charge in [0.15, 0.2) is 0 Å². The molecule has 2 aromatic carbocycles. The number of rotatable bonds is 3. The first-order valence-corrected chi connectivity index (χ1v) is 11.2. The zero-order valence-corrected chi connectivity index (χ0v) is 19.9. The lowest BCUT2D eigenvalue weighted by atomic mass is 9.87. The van der Waals surface area contributed by atoms with E-state index in [2.05, 4.69) is 76.4 Å². The van der Waals surface area contributed by atoms with E-state index >= 15 is 0 Å². The van der Waals surface area contributed by atoms with Crippen molar-refractivity contribution in [3.63, 3.8) is 0 Å². The lowest BCUT2D eigenvalue weighted by molar-refractivity contribution is 0.633. The molecule has 0 saturated heterocycles. The van der Waals surface area contributed by atoms with Crippen molar-refractivity contribution in [2.45, 2.75) is 80.2 Å². The maximum absolute atomic E-state index is 5.78. The Morgan fingerprint density at radius 3 is 2.10 bits per heavy atom. The van der Waals surface area contributed by atoms with Gasteiger partial charge in [0.05, 0.1) is 0 Å². The summed E-state index contributed by atoms with van der Waals surface area (Å²) >= 11 is 0. The average molecular weight is 394 g/mol. The fourth-order valence-corrected chi connectivity index (χ4v) is 3.25. The first kappa shape index (κ1) is 26.9. The minimum Gasteiger partial charge on any atom is -0.327 e. The smallest absolute Gasteiger partial charge is 0.0117 e. The molecule has 1 unspecified atom stereocenters. The molecule has 0 bridgehead atoms. The third-order valence-electron chi connectivity index (χ3n) is 4.96. The molecule has 1 aliphatic rings. The van der Waals surface area contributed by atoms with E-state index in [0.717, 1.165) is 25.7 Å². The Morgan fingerprint density at radius 2 is 1.55 bits per heavy atom. The Kier molecular flexibility index (Phi) is 13.7. The molecule has 0 amide bonds. The predicted octanol–water partition coefficient (Wildman–Crippen LogP) is 8.71. The minimum atomic E-state index is 0.316. The standard InChI is InChI=1S/C15H16.C9H15N.2C2H6/c1-3-6-12(2)14-10-9-13-7-4-5-8-15(13)11-14;1-6-4-9(10)5-7(2)8(6)3;2*1-2/h4-5,7-11H,2-3,6H2,1H3;9H,1,4-5,10H2,2-3H3;2*1-2H3. The van der Waals surface area contributed by atoms with Crippen LogP contribution in [0.2, 0.25) is 0 Å². The fourth-order valence-electron chi connectivity index (χ4n) is 3.25. The first-order valence-electron chi connectivity index (χ1n) is 11.2. The first-order chi connectivity index (χ1) is 13.9. The summed E-state index contributed by atoms with van der Waals surface area (Å²) in [6, 6.07) is 15.3. The van der Waals surface area contributed by atoms with E-state index in [-0.39, 0.29) is 0 Å². The van der Waals surface area contributed by atoms with Gasteiger partial charge in [0.2, 0.25) is 0 Å². The molecule has 0 aliphatic heterocycles. The highest BCUT2D eigenvalue weighted by Gasteiger charge is 2.14. The van der Waals surface area contributed by atoms with Crippen molar-refractivity contribution in [2.24, 2.45) is 5.73 Å². The van der Waals surface area contributed by atoms with Crippen LogP contribution in [0.5, 0.6) is 0 Å². The Morgan fingerprint density at radius 1 is 0.966 bits per heavy atom. The van der Waals surface area contributed by atoms with Gasteiger partial charge >= 0.3 is 0 Å². The summed E-state index contributed by atoms with van der Waals surface area (Å²) in [5, 5.41) is 2.60. The molecule has 1 atom stereocenters. The maximum atomic E-state index is 5.78. The van der Waals surface area contributed by atoms with E-state index in [0.29, 0.717) is 6.04 Å². The van der Waals surface area contributed by atoms with Gasteiger partial charge in [-0.2, -0.15) is 0 Å². The predicted molar refractivity (Wildman–Crippen MR) is 135 cm³/mol. The molecule has 2 aromatic rings. The topological polar surface area (TPSA) is 26.0 Å². The van der Waals surface area contributed by atoms with Gasteiger partial charge in [0.1, 0.15) is 0 Å². The molecule has 0 radical (unpaired) electrons. The molecule has 160 valence electrons. The maximum Gasteiger partial charge on any atom is 0.0117 e. The second-order valence-electron chi connectivity index (χ2n) is 7.09. The van der Waals surface area contributed by atoms with Crippen molar-refractivity contribution in [3.05, 3.63) is 77.9 Å². The molecule has 1 nitrogen and oxygen atoms in total. The van der Waals surface area contributed by atoms with Crippen LogP contribution in [0.4, 0.5) is 0 Å². The van der Waals surface area contributed by atoms with Crippen LogP contribution >= 0.6 is 0 Å². The van der Waals surface area contributed by atoms with Gasteiger partial charge in [-0.15, -0.1) is 0 Å². The molecule has 0 saturated carbocycles. The number of hydrogen-bond donors (Lipinski definition) is 1. The highest BCUT2D eigenvalue weighted by molar-refractivity contribution is 5.86. The van der Waals surface area contributed by atoms with Crippen molar-refractivity contribution >= 4 is 16.3 Å². The molecular weight excluding hydrogens is 350 g/mol. The molecule has 0 heterocycles. The fraction of sp³-hybridized carbons (Fsp3) is 0.429. The molecule has 1 heteroatoms. The van der Waals surface area contributed by atoms with E-state index < -0.39 is 0 Å². The van der Waals surface area contributed by atoms with Crippen LogP contribution in [0, 0.1) is 0 Å². The van der Waals surface area contributed by atoms with Crippen LogP contribution in [-0.4, -0.2) is 6.04 Å². The Hall–Kier alpha value is -2.12. The van der Waals surface area contributed by atoms with Gasteiger partial charge in [-0.05, 0) is 66.7 Å². The highest BCUT2D eigenvalue weighted by Crippen LogP contribution is 2.26. The van der Waals surface area contributed by atoms with E-state index in [1.54, 1.807) is 0 Å². The Bertz CT molecular complexity index is 795. The summed E-state index contributed by atoms with van der Waals surface area (Å²) in [5.41, 5.74) is 12.3. The van der Waals surface area contributed by atoms with Crippen LogP contribution < -0.4 is 5.73 Å². The summed E-state index contributed by atoms with van der Waals surface area (Å²) in [4.78, 5) is 0. The summed E-state index contributed by atoms with van der Waals surface area (Å²) in [5.74, 6) is 0. The summed E-state index contributed by atoms with van der Waals surface area (Å²) < 4.78 is 0. The third-order valence-corrected chi connectivity index (χ3v) is 4.96. The van der Waals surface area contributed by atoms with Gasteiger partial charge in [-0.25, -0.2) is 0 Å². The monoisotopic (exact) mass is 393 g/mol. The average Bonchev–Trinajstić information content (AvgIpc) is 2.75. The zero-order chi connectivity index (χ0) is 22.4. The molecule has 3 rings (SSSR count). The number of hydrogen-bond acceptors (Lipinski definition) is 1. The Balaban J connectivity index is 0.000000488. The van der Waals surface area contributed by atoms with Crippen molar-refractivity contribution in [1.82, 2.24) is 0 Å². The second-order valence-corrected chi connectivity index (χ2v) is 7.09. The van der Waals surface area contributed by atoms with Crippen molar-refractivity contribution in [2.75, 3.05) is 0 Å². The van der Waals surface area contributed by atoms with Gasteiger partial charge in [0.25, 0.3) is 0 Å². The number of fused-ring (bicyclic) bond motifs is 1. The normalized spacial score (nSPS) is 15.3. The van der Waals surface area contributed by atoms with Crippen molar-refractivity contribution < 1.29 is 0 Å². The van der Waals surface area contributed by atoms with Crippen LogP contribution in [0.25, 0.3) is 16.3 Å². The molecule has 0 aromatic heterocycles. The van der Waals surface area contributed by atoms with Gasteiger partial charge in [-0.3, -0.25) is 0 Å². The van der Waals surface area contributed by atoms with Gasteiger partial charge in [0, 0.05) is 6.04 Å². The molecular formula is C28H43N. The number of allylic oxidation sites excluding steroid dienone is 2. The molecule has 0 fully saturated rings. The minimum absolute atomic E-state index is 0.316. The van der Waals surface area contributed by atoms with Crippen molar-refractivity contribution in [1.29, 1.82) is 0 Å². The number of nitrogens with two attached hydrogens (primary N) is 1.